The van der Waals surface area contributed by atoms with Gasteiger partial charge in [-0.25, -0.2) is 17.9 Å². The third-order valence-corrected chi connectivity index (χ3v) is 5.02. The topological polar surface area (TPSA) is 116 Å². The molecule has 0 fully saturated rings. The van der Waals surface area contributed by atoms with E-state index in [-0.39, 0.29) is 26.9 Å². The zero-order chi connectivity index (χ0) is 18.9. The summed E-state index contributed by atoms with van der Waals surface area (Å²) in [5, 5.41) is 13.5. The summed E-state index contributed by atoms with van der Waals surface area (Å²) in [4.78, 5) is 24.3. The molecule has 134 valence electrons. The number of aromatic nitrogens is 2. The predicted molar refractivity (Wildman–Crippen MR) is 88.9 cm³/mol. The molecule has 25 heavy (non-hydrogen) atoms. The van der Waals surface area contributed by atoms with Gasteiger partial charge in [-0.15, -0.1) is 0 Å². The molecule has 1 N–H and O–H groups in total. The molecule has 0 atom stereocenters. The van der Waals surface area contributed by atoms with Gasteiger partial charge < -0.3 is 9.84 Å². The van der Waals surface area contributed by atoms with Gasteiger partial charge >= 0.3 is 5.97 Å². The Hall–Kier alpha value is -2.39. The molecule has 0 saturated carbocycles. The second-order valence-corrected chi connectivity index (χ2v) is 7.45. The van der Waals surface area contributed by atoms with Crippen molar-refractivity contribution >= 4 is 33.2 Å². The lowest BCUT2D eigenvalue weighted by Gasteiger charge is -2.11. The Kier molecular flexibility index (Phi) is 5.19. The van der Waals surface area contributed by atoms with Gasteiger partial charge in [0.05, 0.1) is 28.8 Å². The minimum absolute atomic E-state index is 0.119. The van der Waals surface area contributed by atoms with Crippen molar-refractivity contribution in [2.75, 3.05) is 13.4 Å². The molecular formula is C15H15ClN2O6S. The van der Waals surface area contributed by atoms with Gasteiger partial charge in [0.25, 0.3) is 0 Å². The van der Waals surface area contributed by atoms with E-state index in [1.807, 2.05) is 0 Å². The largest absolute Gasteiger partial charge is 0.493 e. The van der Waals surface area contributed by atoms with Crippen molar-refractivity contribution in [3.63, 3.8) is 0 Å². The third kappa shape index (κ3) is 3.38. The lowest BCUT2D eigenvalue weighted by Crippen LogP contribution is -2.13. The van der Waals surface area contributed by atoms with E-state index in [9.17, 15) is 23.1 Å². The van der Waals surface area contributed by atoms with Crippen LogP contribution in [0, 0.1) is 0 Å². The first-order chi connectivity index (χ1) is 11.6. The minimum Gasteiger partial charge on any atom is -0.493 e. The molecule has 0 amide bonds. The van der Waals surface area contributed by atoms with Crippen molar-refractivity contribution in [2.24, 2.45) is 0 Å². The van der Waals surface area contributed by atoms with Crippen molar-refractivity contribution in [3.8, 4) is 5.88 Å². The van der Waals surface area contributed by atoms with Crippen molar-refractivity contribution < 1.29 is 27.9 Å². The summed E-state index contributed by atoms with van der Waals surface area (Å²) in [6, 6.07) is 2.28. The Morgan fingerprint density at radius 2 is 1.96 bits per heavy atom. The molecule has 1 aromatic heterocycles. The second kappa shape index (κ2) is 6.85. The van der Waals surface area contributed by atoms with Crippen molar-refractivity contribution in [2.45, 2.75) is 18.4 Å². The van der Waals surface area contributed by atoms with Crippen LogP contribution in [0.1, 0.15) is 33.2 Å². The number of ether oxygens (including phenoxy) is 1. The molecule has 8 nitrogen and oxygen atoms in total. The van der Waals surface area contributed by atoms with Crippen LogP contribution in [-0.2, 0) is 21.1 Å². The Labute approximate surface area is 148 Å². The van der Waals surface area contributed by atoms with Crippen LogP contribution in [0.15, 0.2) is 23.2 Å². The predicted octanol–water partition coefficient (Wildman–Crippen LogP) is 1.68. The van der Waals surface area contributed by atoms with Crippen molar-refractivity contribution in [1.82, 2.24) is 9.78 Å². The number of esters is 1. The van der Waals surface area contributed by atoms with Crippen LogP contribution in [0.4, 0.5) is 0 Å². The summed E-state index contributed by atoms with van der Waals surface area (Å²) < 4.78 is 29.5. The maximum Gasteiger partial charge on any atom is 0.340 e. The fourth-order valence-electron chi connectivity index (χ4n) is 2.25. The minimum atomic E-state index is -3.79. The molecule has 0 aliphatic rings. The number of benzene rings is 1. The van der Waals surface area contributed by atoms with E-state index in [1.54, 1.807) is 6.92 Å². The highest BCUT2D eigenvalue weighted by atomic mass is 35.5. The molecule has 0 aliphatic carbocycles. The van der Waals surface area contributed by atoms with Gasteiger partial charge in [-0.3, -0.25) is 4.79 Å². The number of halogens is 1. The summed E-state index contributed by atoms with van der Waals surface area (Å²) in [6.45, 7) is 2.07. The van der Waals surface area contributed by atoms with Crippen LogP contribution < -0.4 is 0 Å². The number of hydrogen-bond donors (Lipinski definition) is 1. The lowest BCUT2D eigenvalue weighted by atomic mass is 10.0. The molecule has 2 aromatic rings. The van der Waals surface area contributed by atoms with Gasteiger partial charge in [0.15, 0.2) is 9.84 Å². The van der Waals surface area contributed by atoms with Gasteiger partial charge in [-0.05, 0) is 19.1 Å². The quantitative estimate of drug-likeness (QED) is 0.613. The molecule has 2 rings (SSSR count). The zero-order valence-corrected chi connectivity index (χ0v) is 15.2. The number of carbonyl (C=O) groups is 2. The highest BCUT2D eigenvalue weighted by Gasteiger charge is 2.28. The first-order valence-electron chi connectivity index (χ1n) is 7.03. The Morgan fingerprint density at radius 3 is 2.44 bits per heavy atom. The van der Waals surface area contributed by atoms with Crippen LogP contribution in [0.25, 0.3) is 0 Å². The molecule has 0 saturated heterocycles. The maximum atomic E-state index is 12.6. The number of carbonyl (C=O) groups excluding carboxylic acids is 2. The van der Waals surface area contributed by atoms with Crippen molar-refractivity contribution in [3.05, 3.63) is 40.0 Å². The molecule has 1 heterocycles. The summed E-state index contributed by atoms with van der Waals surface area (Å²) >= 11 is 6.14. The fourth-order valence-corrected chi connectivity index (χ4v) is 3.51. The van der Waals surface area contributed by atoms with E-state index in [2.05, 4.69) is 9.84 Å². The van der Waals surface area contributed by atoms with Gasteiger partial charge in [0.2, 0.25) is 11.7 Å². The highest BCUT2D eigenvalue weighted by molar-refractivity contribution is 7.90. The maximum absolute atomic E-state index is 12.6. The van der Waals surface area contributed by atoms with Gasteiger partial charge in [0, 0.05) is 18.4 Å². The summed E-state index contributed by atoms with van der Waals surface area (Å²) in [5.74, 6) is -2.05. The third-order valence-electron chi connectivity index (χ3n) is 3.49. The smallest absolute Gasteiger partial charge is 0.340 e. The summed E-state index contributed by atoms with van der Waals surface area (Å²) in [6.07, 6.45) is 2.07. The molecule has 0 bridgehead atoms. The van der Waals surface area contributed by atoms with Crippen LogP contribution in [0.3, 0.4) is 0 Å². The molecule has 1 aromatic carbocycles. The number of methoxy groups -OCH3 is 1. The monoisotopic (exact) mass is 386 g/mol. The number of rotatable bonds is 5. The van der Waals surface area contributed by atoms with E-state index in [0.29, 0.717) is 6.54 Å². The standard InChI is InChI=1S/C15H15ClN2O6S/c1-4-18-14(20)9(7-17-18)13(19)8-5-6-10(25(3,22)23)11(12(8)16)15(21)24-2/h5-7,20H,4H2,1-3H3. The molecule has 0 spiro atoms. The fraction of sp³-hybridized carbons (Fsp3) is 0.267. The Morgan fingerprint density at radius 1 is 1.32 bits per heavy atom. The Balaban J connectivity index is 2.69. The average molecular weight is 387 g/mol. The molecular weight excluding hydrogens is 372 g/mol. The van der Waals surface area contributed by atoms with Gasteiger partial charge in [0.1, 0.15) is 5.56 Å². The first-order valence-corrected chi connectivity index (χ1v) is 9.30. The van der Waals surface area contributed by atoms with Crippen LogP contribution in [-0.4, -0.2) is 48.4 Å². The normalized spacial score (nSPS) is 11.4. The highest BCUT2D eigenvalue weighted by Crippen LogP contribution is 2.31. The Bertz CT molecular complexity index is 965. The number of ketones is 1. The number of aromatic hydroxyl groups is 1. The first kappa shape index (κ1) is 18.9. The van der Waals surface area contributed by atoms with Crippen LogP contribution in [0.2, 0.25) is 5.02 Å². The molecule has 0 unspecified atom stereocenters. The number of aryl methyl sites for hydroxylation is 1. The number of nitrogens with zero attached hydrogens (tertiary/aromatic N) is 2. The lowest BCUT2D eigenvalue weighted by molar-refractivity contribution is 0.0596. The summed E-state index contributed by atoms with van der Waals surface area (Å²) in [7, 11) is -2.72. The second-order valence-electron chi connectivity index (χ2n) is 5.09. The van der Waals surface area contributed by atoms with E-state index >= 15 is 0 Å². The van der Waals surface area contributed by atoms with Gasteiger partial charge in [-0.2, -0.15) is 5.10 Å². The SMILES string of the molecule is CCn1ncc(C(=O)c2ccc(S(C)(=O)=O)c(C(=O)OC)c2Cl)c1O. The van der Waals surface area contributed by atoms with Crippen LogP contribution in [0.5, 0.6) is 5.88 Å². The van der Waals surface area contributed by atoms with Crippen molar-refractivity contribution in [1.29, 1.82) is 0 Å². The summed E-state index contributed by atoms with van der Waals surface area (Å²) in [5.41, 5.74) is -0.702. The molecule has 10 heteroatoms. The molecule has 0 radical (unpaired) electrons. The zero-order valence-electron chi connectivity index (χ0n) is 13.6. The van der Waals surface area contributed by atoms with E-state index < -0.39 is 27.2 Å². The number of sulfone groups is 1. The van der Waals surface area contributed by atoms with Crippen LogP contribution >= 0.6 is 11.6 Å². The average Bonchev–Trinajstić information content (AvgIpc) is 2.93. The van der Waals surface area contributed by atoms with E-state index in [0.717, 1.165) is 19.4 Å². The number of hydrogen-bond acceptors (Lipinski definition) is 7. The van der Waals surface area contributed by atoms with E-state index in [1.165, 1.54) is 16.9 Å². The molecule has 0 aliphatic heterocycles. The van der Waals surface area contributed by atoms with E-state index in [4.69, 9.17) is 11.6 Å². The van der Waals surface area contributed by atoms with Gasteiger partial charge in [-0.1, -0.05) is 11.6 Å².